The van der Waals surface area contributed by atoms with Crippen molar-refractivity contribution in [3.8, 4) is 0 Å². The van der Waals surface area contributed by atoms with Crippen molar-refractivity contribution in [1.29, 1.82) is 0 Å². The third-order valence-electron chi connectivity index (χ3n) is 1.09. The van der Waals surface area contributed by atoms with E-state index in [1.54, 1.807) is 6.92 Å². The van der Waals surface area contributed by atoms with Gasteiger partial charge < -0.3 is 0 Å². The van der Waals surface area contributed by atoms with Gasteiger partial charge in [0, 0.05) is 6.20 Å². The summed E-state index contributed by atoms with van der Waals surface area (Å²) in [6.07, 6.45) is 1.51. The zero-order chi connectivity index (χ0) is 7.72. The molecule has 10 heavy (non-hydrogen) atoms. The van der Waals surface area contributed by atoms with Gasteiger partial charge >= 0.3 is 0 Å². The highest BCUT2D eigenvalue weighted by Gasteiger charge is 2.06. The topological polar surface area (TPSA) is 12.9 Å². The van der Waals surface area contributed by atoms with Gasteiger partial charge in [0.15, 0.2) is 11.0 Å². The van der Waals surface area contributed by atoms with E-state index < -0.39 is 5.82 Å². The number of aromatic nitrogens is 1. The largest absolute Gasteiger partial charge is 0.241 e. The summed E-state index contributed by atoms with van der Waals surface area (Å²) >= 11 is 8.40. The molecule has 1 nitrogen and oxygen atoms in total. The van der Waals surface area contributed by atoms with E-state index in [1.165, 1.54) is 6.20 Å². The molecule has 1 rings (SSSR count). The van der Waals surface area contributed by atoms with Crippen molar-refractivity contribution in [3.05, 3.63) is 27.2 Å². The van der Waals surface area contributed by atoms with E-state index in [0.717, 1.165) is 5.56 Å². The molecular formula is C6H4BrClFN. The van der Waals surface area contributed by atoms with Crippen LogP contribution in [-0.2, 0) is 0 Å². The van der Waals surface area contributed by atoms with E-state index >= 15 is 0 Å². The first-order valence-corrected chi connectivity index (χ1v) is 3.76. The van der Waals surface area contributed by atoms with Crippen molar-refractivity contribution in [2.24, 2.45) is 0 Å². The number of hydrogen-bond acceptors (Lipinski definition) is 1. The van der Waals surface area contributed by atoms with Gasteiger partial charge in [0.25, 0.3) is 0 Å². The summed E-state index contributed by atoms with van der Waals surface area (Å²) in [6, 6.07) is 0. The minimum atomic E-state index is -0.498. The molecular weight excluding hydrogens is 220 g/mol. The van der Waals surface area contributed by atoms with Crippen LogP contribution in [0.3, 0.4) is 0 Å². The van der Waals surface area contributed by atoms with Crippen LogP contribution in [0.15, 0.2) is 10.7 Å². The quantitative estimate of drug-likeness (QED) is 0.618. The molecule has 0 aliphatic carbocycles. The fourth-order valence-corrected chi connectivity index (χ4v) is 1.08. The normalized spacial score (nSPS) is 10.0. The van der Waals surface area contributed by atoms with Gasteiger partial charge in [-0.3, -0.25) is 0 Å². The Morgan fingerprint density at radius 1 is 1.70 bits per heavy atom. The minimum Gasteiger partial charge on any atom is -0.241 e. The molecule has 0 atom stereocenters. The average Bonchev–Trinajstić information content (AvgIpc) is 1.93. The number of rotatable bonds is 0. The average molecular weight is 224 g/mol. The summed E-state index contributed by atoms with van der Waals surface area (Å²) in [5.41, 5.74) is 0.738. The van der Waals surface area contributed by atoms with Crippen LogP contribution in [0.4, 0.5) is 4.39 Å². The lowest BCUT2D eigenvalue weighted by Gasteiger charge is -1.98. The fourth-order valence-electron chi connectivity index (χ4n) is 0.531. The van der Waals surface area contributed by atoms with Crippen LogP contribution in [0.25, 0.3) is 0 Å². The Labute approximate surface area is 71.4 Å². The van der Waals surface area contributed by atoms with Gasteiger partial charge in [-0.15, -0.1) is 0 Å². The minimum absolute atomic E-state index is 0.0996. The predicted octanol–water partition coefficient (Wildman–Crippen LogP) is 2.95. The maximum atomic E-state index is 12.8. The second-order valence-corrected chi connectivity index (χ2v) is 3.01. The molecule has 1 aromatic rings. The van der Waals surface area contributed by atoms with Crippen molar-refractivity contribution in [1.82, 2.24) is 4.98 Å². The third-order valence-corrected chi connectivity index (χ3v) is 2.33. The molecule has 0 saturated heterocycles. The SMILES string of the molecule is Cc1cnc(Cl)c(F)c1Br. The number of pyridine rings is 1. The van der Waals surface area contributed by atoms with Crippen LogP contribution in [0, 0.1) is 12.7 Å². The van der Waals surface area contributed by atoms with E-state index in [2.05, 4.69) is 20.9 Å². The summed E-state index contributed by atoms with van der Waals surface area (Å²) in [6.45, 7) is 1.75. The molecule has 1 heterocycles. The highest BCUT2D eigenvalue weighted by molar-refractivity contribution is 9.10. The Balaban J connectivity index is 3.34. The summed E-state index contributed by atoms with van der Waals surface area (Å²) in [4.78, 5) is 3.60. The lowest BCUT2D eigenvalue weighted by Crippen LogP contribution is -1.87. The van der Waals surface area contributed by atoms with Crippen LogP contribution in [-0.4, -0.2) is 4.98 Å². The maximum absolute atomic E-state index is 12.8. The highest BCUT2D eigenvalue weighted by Crippen LogP contribution is 2.23. The molecule has 0 aliphatic rings. The summed E-state index contributed by atoms with van der Waals surface area (Å²) in [7, 11) is 0. The molecule has 4 heteroatoms. The van der Waals surface area contributed by atoms with Crippen LogP contribution in [0.5, 0.6) is 0 Å². The van der Waals surface area contributed by atoms with Gasteiger partial charge in [-0.1, -0.05) is 11.6 Å². The second kappa shape index (κ2) is 2.84. The summed E-state index contributed by atoms with van der Waals surface area (Å²) in [5, 5.41) is -0.0996. The Hall–Kier alpha value is -0.150. The molecule has 0 saturated carbocycles. The molecule has 0 bridgehead atoms. The van der Waals surface area contributed by atoms with Gasteiger partial charge in [0.2, 0.25) is 0 Å². The lowest BCUT2D eigenvalue weighted by molar-refractivity contribution is 0.613. The summed E-state index contributed by atoms with van der Waals surface area (Å²) < 4.78 is 13.1. The van der Waals surface area contributed by atoms with Gasteiger partial charge in [-0.25, -0.2) is 9.37 Å². The molecule has 0 radical (unpaired) electrons. The molecule has 0 spiro atoms. The van der Waals surface area contributed by atoms with E-state index in [9.17, 15) is 4.39 Å². The number of nitrogens with zero attached hydrogens (tertiary/aromatic N) is 1. The molecule has 0 unspecified atom stereocenters. The van der Waals surface area contributed by atoms with Crippen molar-refractivity contribution in [2.75, 3.05) is 0 Å². The summed E-state index contributed by atoms with van der Waals surface area (Å²) in [5.74, 6) is -0.498. The van der Waals surface area contributed by atoms with Crippen molar-refractivity contribution in [2.45, 2.75) is 6.92 Å². The Bertz CT molecular complexity index is 237. The fraction of sp³-hybridized carbons (Fsp3) is 0.167. The van der Waals surface area contributed by atoms with Crippen molar-refractivity contribution < 1.29 is 4.39 Å². The zero-order valence-corrected chi connectivity index (χ0v) is 7.50. The Kier molecular flexibility index (Phi) is 2.26. The molecule has 0 fully saturated rings. The monoisotopic (exact) mass is 223 g/mol. The van der Waals surface area contributed by atoms with E-state index in [0.29, 0.717) is 4.47 Å². The van der Waals surface area contributed by atoms with Gasteiger partial charge in [0.1, 0.15) is 0 Å². The first-order chi connectivity index (χ1) is 4.63. The standard InChI is InChI=1S/C6H4BrClFN/c1-3-2-10-6(8)5(9)4(3)7/h2H,1H3. The molecule has 1 aromatic heterocycles. The molecule has 54 valence electrons. The second-order valence-electron chi connectivity index (χ2n) is 1.86. The molecule has 0 aromatic carbocycles. The Morgan fingerprint density at radius 3 is 2.80 bits per heavy atom. The van der Waals surface area contributed by atoms with Crippen LogP contribution >= 0.6 is 27.5 Å². The van der Waals surface area contributed by atoms with Crippen LogP contribution in [0.2, 0.25) is 5.15 Å². The number of hydrogen-bond donors (Lipinski definition) is 0. The smallest absolute Gasteiger partial charge is 0.174 e. The predicted molar refractivity (Wildman–Crippen MR) is 41.6 cm³/mol. The van der Waals surface area contributed by atoms with E-state index in [-0.39, 0.29) is 5.15 Å². The van der Waals surface area contributed by atoms with Crippen molar-refractivity contribution >= 4 is 27.5 Å². The van der Waals surface area contributed by atoms with Crippen molar-refractivity contribution in [3.63, 3.8) is 0 Å². The zero-order valence-electron chi connectivity index (χ0n) is 5.16. The third kappa shape index (κ3) is 1.30. The van der Waals surface area contributed by atoms with E-state index in [1.807, 2.05) is 0 Å². The van der Waals surface area contributed by atoms with Crippen LogP contribution < -0.4 is 0 Å². The lowest BCUT2D eigenvalue weighted by atomic mass is 10.3. The van der Waals surface area contributed by atoms with Gasteiger partial charge in [-0.05, 0) is 28.4 Å². The molecule has 0 N–H and O–H groups in total. The van der Waals surface area contributed by atoms with Gasteiger partial charge in [-0.2, -0.15) is 0 Å². The molecule has 0 amide bonds. The maximum Gasteiger partial charge on any atom is 0.174 e. The van der Waals surface area contributed by atoms with E-state index in [4.69, 9.17) is 11.6 Å². The molecule has 0 aliphatic heterocycles. The number of halogens is 3. The first kappa shape index (κ1) is 7.95. The number of aryl methyl sites for hydroxylation is 1. The van der Waals surface area contributed by atoms with Gasteiger partial charge in [0.05, 0.1) is 4.47 Å². The first-order valence-electron chi connectivity index (χ1n) is 2.59. The highest BCUT2D eigenvalue weighted by atomic mass is 79.9. The Morgan fingerprint density at radius 2 is 2.30 bits per heavy atom. The van der Waals surface area contributed by atoms with Crippen LogP contribution in [0.1, 0.15) is 5.56 Å².